The molecule has 3 saturated heterocycles. The Labute approximate surface area is 499 Å². The number of benzene rings is 6. The highest BCUT2D eigenvalue weighted by Crippen LogP contribution is 2.41. The molecule has 0 radical (unpaired) electrons. The van der Waals surface area contributed by atoms with Gasteiger partial charge in [-0.15, -0.1) is 0 Å². The summed E-state index contributed by atoms with van der Waals surface area (Å²) in [5.41, 5.74) is 14.8. The number of carbonyl (C=O) groups is 1. The molecule has 6 unspecified atom stereocenters. The lowest BCUT2D eigenvalue weighted by Crippen LogP contribution is -2.64. The Bertz CT molecular complexity index is 2880. The molecular formula is C68H81N3O14. The van der Waals surface area contributed by atoms with Crippen LogP contribution in [0.1, 0.15) is 67.5 Å². The van der Waals surface area contributed by atoms with Gasteiger partial charge < -0.3 is 61.6 Å². The molecule has 6 aromatic carbocycles. The zero-order valence-corrected chi connectivity index (χ0v) is 49.0. The number of rotatable bonds is 31. The van der Waals surface area contributed by atoms with Crippen LogP contribution in [0.15, 0.2) is 187 Å². The van der Waals surface area contributed by atoms with E-state index in [-0.39, 0.29) is 58.7 Å². The Morgan fingerprint density at radius 3 is 1.07 bits per heavy atom. The van der Waals surface area contributed by atoms with E-state index >= 15 is 0 Å². The summed E-state index contributed by atoms with van der Waals surface area (Å²) < 4.78 is 88.9. The first kappa shape index (κ1) is 63.1. The molecule has 0 saturated carbocycles. The molecule has 15 atom stereocenters. The molecule has 9 rings (SSSR count). The first-order valence-corrected chi connectivity index (χ1v) is 29.6. The average Bonchev–Trinajstić information content (AvgIpc) is 3.19. The molecule has 3 aliphatic rings. The van der Waals surface area contributed by atoms with Gasteiger partial charge in [-0.3, -0.25) is 4.79 Å². The molecule has 452 valence electrons. The van der Waals surface area contributed by atoms with Crippen molar-refractivity contribution in [2.45, 2.75) is 148 Å². The first-order valence-electron chi connectivity index (χ1n) is 29.6. The minimum atomic E-state index is -1.03. The van der Waals surface area contributed by atoms with E-state index in [2.05, 4.69) is 23.9 Å². The van der Waals surface area contributed by atoms with Crippen molar-refractivity contribution in [3.8, 4) is 0 Å². The second kappa shape index (κ2) is 33.5. The van der Waals surface area contributed by atoms with Crippen LogP contribution in [-0.4, -0.2) is 113 Å². The molecule has 6 aromatic rings. The van der Waals surface area contributed by atoms with Gasteiger partial charge in [0.1, 0.15) is 42.7 Å². The lowest BCUT2D eigenvalue weighted by molar-refractivity contribution is -0.377. The van der Waals surface area contributed by atoms with Gasteiger partial charge in [0.2, 0.25) is 0 Å². The highest BCUT2D eigenvalue weighted by Gasteiger charge is 2.54. The van der Waals surface area contributed by atoms with Crippen molar-refractivity contribution >= 4 is 5.97 Å². The number of nitrogens with zero attached hydrogens (tertiary/aromatic N) is 3. The monoisotopic (exact) mass is 1160 g/mol. The van der Waals surface area contributed by atoms with Gasteiger partial charge in [0.05, 0.1) is 71.7 Å². The van der Waals surface area contributed by atoms with Crippen LogP contribution in [0.5, 0.6) is 0 Å². The van der Waals surface area contributed by atoms with Gasteiger partial charge in [-0.05, 0) is 45.3 Å². The molecule has 0 aromatic heterocycles. The minimum absolute atomic E-state index is 0.0849. The fraction of sp³-hybridized carbons (Fsp3) is 0.456. The van der Waals surface area contributed by atoms with E-state index in [1.54, 1.807) is 0 Å². The third-order valence-corrected chi connectivity index (χ3v) is 15.6. The van der Waals surface area contributed by atoms with E-state index in [0.29, 0.717) is 26.2 Å². The maximum Gasteiger partial charge on any atom is 0.303 e. The summed E-state index contributed by atoms with van der Waals surface area (Å²) in [5.74, 6) is -1.74. The zero-order valence-electron chi connectivity index (χ0n) is 49.0. The summed E-state index contributed by atoms with van der Waals surface area (Å²) in [5, 5.41) is 3.72. The highest BCUT2D eigenvalue weighted by molar-refractivity contribution is 5.66. The molecule has 0 spiro atoms. The van der Waals surface area contributed by atoms with Crippen LogP contribution in [0.3, 0.4) is 0 Å². The largest absolute Gasteiger partial charge is 0.459 e. The van der Waals surface area contributed by atoms with Crippen LogP contribution >= 0.6 is 0 Å². The van der Waals surface area contributed by atoms with Gasteiger partial charge >= 0.3 is 5.97 Å². The van der Waals surface area contributed by atoms with Crippen molar-refractivity contribution < 1.29 is 66.4 Å². The molecular weight excluding hydrogens is 1080 g/mol. The summed E-state index contributed by atoms with van der Waals surface area (Å²) in [6.45, 7) is 10.0. The summed E-state index contributed by atoms with van der Waals surface area (Å²) in [6.07, 6.45) is -9.02. The van der Waals surface area contributed by atoms with Gasteiger partial charge in [-0.1, -0.05) is 208 Å². The van der Waals surface area contributed by atoms with Crippen LogP contribution in [0, 0.1) is 17.8 Å². The van der Waals surface area contributed by atoms with Crippen LogP contribution in [0.4, 0.5) is 0 Å². The molecule has 3 heterocycles. The Hall–Kier alpha value is -6.38. The maximum atomic E-state index is 12.9. The van der Waals surface area contributed by atoms with Crippen molar-refractivity contribution in [3.05, 3.63) is 226 Å². The van der Waals surface area contributed by atoms with Crippen molar-refractivity contribution in [1.29, 1.82) is 0 Å². The molecule has 17 heteroatoms. The van der Waals surface area contributed by atoms with E-state index in [1.807, 2.05) is 189 Å². The van der Waals surface area contributed by atoms with Gasteiger partial charge in [0.25, 0.3) is 0 Å². The predicted molar refractivity (Wildman–Crippen MR) is 317 cm³/mol. The number of esters is 1. The van der Waals surface area contributed by atoms with Gasteiger partial charge in [-0.25, -0.2) is 0 Å². The standard InChI is InChI=1S/C68H81N3O14/c1-47-60(80-50(4)72)57(44-73-38-51-24-11-5-12-25-51)82-67(64(47)78-42-55-32-19-9-20-33-55)85-62-49(3)65(79-43-56-34-21-10-22-35-56)68(83-59(62)46-75-40-53-28-15-7-16-29-53)84-61-48(2)63(77-41-54-30-17-8-18-31-54)66(76-37-23-36-70-71-69)81-58(61)45-74-39-52-26-13-6-14-27-52/h5-22,24-35,47-49,57-68H,23,36-46H2,1-4H3/t47-,48?,49-,57?,58-,59?,60+,61-,62+,63?,64?,65?,66+,67+,68-/m0/s1. The third kappa shape index (κ3) is 18.8. The molecule has 0 bridgehead atoms. The smallest absolute Gasteiger partial charge is 0.303 e. The molecule has 0 aliphatic carbocycles. The van der Waals surface area contributed by atoms with E-state index in [0.717, 1.165) is 33.4 Å². The van der Waals surface area contributed by atoms with Gasteiger partial charge in [0.15, 0.2) is 18.9 Å². The van der Waals surface area contributed by atoms with E-state index in [1.165, 1.54) is 6.92 Å². The second-order valence-electron chi connectivity index (χ2n) is 21.9. The maximum absolute atomic E-state index is 12.9. The Kier molecular flexibility index (Phi) is 24.9. The van der Waals surface area contributed by atoms with Gasteiger partial charge in [-0.2, -0.15) is 0 Å². The highest BCUT2D eigenvalue weighted by atomic mass is 16.8. The summed E-state index contributed by atoms with van der Waals surface area (Å²) in [7, 11) is 0. The number of hydrogen-bond acceptors (Lipinski definition) is 15. The molecule has 0 N–H and O–H groups in total. The zero-order chi connectivity index (χ0) is 59.0. The molecule has 3 fully saturated rings. The Morgan fingerprint density at radius 2 is 0.729 bits per heavy atom. The molecule has 85 heavy (non-hydrogen) atoms. The lowest BCUT2D eigenvalue weighted by Gasteiger charge is -2.51. The second-order valence-corrected chi connectivity index (χ2v) is 21.9. The quantitative estimate of drug-likeness (QED) is 0.0132. The van der Waals surface area contributed by atoms with Crippen molar-refractivity contribution in [2.24, 2.45) is 22.9 Å². The summed E-state index contributed by atoms with van der Waals surface area (Å²) >= 11 is 0. The number of azide groups is 1. The average molecular weight is 1160 g/mol. The van der Waals surface area contributed by atoms with Crippen LogP contribution in [-0.2, 0) is 106 Å². The number of hydrogen-bond donors (Lipinski definition) is 0. The van der Waals surface area contributed by atoms with E-state index < -0.39 is 91.6 Å². The Morgan fingerprint density at radius 1 is 0.424 bits per heavy atom. The summed E-state index contributed by atoms with van der Waals surface area (Å²) in [4.78, 5) is 15.8. The van der Waals surface area contributed by atoms with Crippen LogP contribution < -0.4 is 0 Å². The normalized spacial score (nSPS) is 27.6. The Balaban J connectivity index is 1.06. The molecule has 3 aliphatic heterocycles. The van der Waals surface area contributed by atoms with Crippen molar-refractivity contribution in [1.82, 2.24) is 0 Å². The third-order valence-electron chi connectivity index (χ3n) is 15.6. The van der Waals surface area contributed by atoms with Crippen molar-refractivity contribution in [3.63, 3.8) is 0 Å². The number of ether oxygens (including phenoxy) is 13. The summed E-state index contributed by atoms with van der Waals surface area (Å²) in [6, 6.07) is 59.6. The fourth-order valence-corrected chi connectivity index (χ4v) is 11.1. The topological polar surface area (TPSA) is 186 Å². The lowest BCUT2D eigenvalue weighted by atomic mass is 9.87. The minimum Gasteiger partial charge on any atom is -0.459 e. The van der Waals surface area contributed by atoms with E-state index in [4.69, 9.17) is 67.1 Å². The predicted octanol–water partition coefficient (Wildman–Crippen LogP) is 11.9. The molecule has 17 nitrogen and oxygen atoms in total. The van der Waals surface area contributed by atoms with Crippen molar-refractivity contribution in [2.75, 3.05) is 33.0 Å². The molecule has 0 amide bonds. The van der Waals surface area contributed by atoms with Crippen LogP contribution in [0.2, 0.25) is 0 Å². The SMILES string of the molecule is CC(=O)O[C@H]1C(COCc2ccccc2)O[C@H](O[C@H]2C(COCc3ccccc3)O[C@@H](O[C@H]3C(C)C(OCc4ccccc4)[C@H](OCCCN=[N+]=[N-])O[C@H]3COCc3ccccc3)C(OCc3ccccc3)[C@H]2C)C(OCc2ccccc2)[C@H]1C. The van der Waals surface area contributed by atoms with E-state index in [9.17, 15) is 4.79 Å². The van der Waals surface area contributed by atoms with Crippen LogP contribution in [0.25, 0.3) is 10.4 Å². The number of carbonyl (C=O) groups excluding carboxylic acids is 1. The fourth-order valence-electron chi connectivity index (χ4n) is 11.1. The van der Waals surface area contributed by atoms with Gasteiger partial charge in [0, 0.05) is 42.7 Å². The first-order chi connectivity index (χ1) is 41.7.